The summed E-state index contributed by atoms with van der Waals surface area (Å²) in [4.78, 5) is 3.92. The number of hydrogen-bond donors (Lipinski definition) is 0. The molecule has 2 aromatic heterocycles. The molecule has 5 nitrogen and oxygen atoms in total. The van der Waals surface area contributed by atoms with E-state index in [4.69, 9.17) is 20.8 Å². The minimum absolute atomic E-state index is 0.144. The van der Waals surface area contributed by atoms with Gasteiger partial charge < -0.3 is 9.15 Å². The molecule has 0 saturated heterocycles. The van der Waals surface area contributed by atoms with Gasteiger partial charge in [0.25, 0.3) is 5.89 Å². The van der Waals surface area contributed by atoms with Crippen LogP contribution in [0.4, 0.5) is 0 Å². The van der Waals surface area contributed by atoms with Crippen molar-refractivity contribution in [2.24, 2.45) is 0 Å². The van der Waals surface area contributed by atoms with Gasteiger partial charge in [-0.3, -0.25) is 0 Å². The predicted molar refractivity (Wildman–Crippen MR) is 73.3 cm³/mol. The van der Waals surface area contributed by atoms with Crippen molar-refractivity contribution in [3.63, 3.8) is 0 Å². The SMILES string of the molecule is Clc1ncccc1OCc1nnc(-c2ccccc2)o1. The van der Waals surface area contributed by atoms with Gasteiger partial charge in [0.05, 0.1) is 0 Å². The highest BCUT2D eigenvalue weighted by Crippen LogP contribution is 2.22. The third-order valence-corrected chi connectivity index (χ3v) is 2.85. The molecule has 100 valence electrons. The summed E-state index contributed by atoms with van der Waals surface area (Å²) < 4.78 is 11.0. The summed E-state index contributed by atoms with van der Waals surface area (Å²) >= 11 is 5.89. The molecule has 0 radical (unpaired) electrons. The summed E-state index contributed by atoms with van der Waals surface area (Å²) in [6.07, 6.45) is 1.59. The van der Waals surface area contributed by atoms with Crippen LogP contribution in [0.1, 0.15) is 5.89 Å². The Labute approximate surface area is 120 Å². The van der Waals surface area contributed by atoms with Crippen LogP contribution >= 0.6 is 11.6 Å². The summed E-state index contributed by atoms with van der Waals surface area (Å²) in [5.74, 6) is 1.32. The number of aromatic nitrogens is 3. The minimum atomic E-state index is 0.144. The zero-order valence-corrected chi connectivity index (χ0v) is 11.1. The first-order valence-corrected chi connectivity index (χ1v) is 6.32. The van der Waals surface area contributed by atoms with Crippen LogP contribution in [0.15, 0.2) is 53.1 Å². The number of ether oxygens (including phenoxy) is 1. The maximum Gasteiger partial charge on any atom is 0.254 e. The van der Waals surface area contributed by atoms with E-state index in [1.165, 1.54) is 0 Å². The van der Waals surface area contributed by atoms with Gasteiger partial charge in [-0.15, -0.1) is 10.2 Å². The molecule has 0 amide bonds. The fraction of sp³-hybridized carbons (Fsp3) is 0.0714. The van der Waals surface area contributed by atoms with Gasteiger partial charge in [-0.2, -0.15) is 0 Å². The summed E-state index contributed by atoms with van der Waals surface area (Å²) in [5, 5.41) is 8.21. The molecule has 3 rings (SSSR count). The van der Waals surface area contributed by atoms with Gasteiger partial charge in [0, 0.05) is 11.8 Å². The Kier molecular flexibility index (Phi) is 3.60. The standard InChI is InChI=1S/C14H10ClN3O2/c15-13-11(7-4-8-16-13)19-9-12-17-18-14(20-12)10-5-2-1-3-6-10/h1-8H,9H2. The monoisotopic (exact) mass is 287 g/mol. The van der Waals surface area contributed by atoms with Crippen LogP contribution < -0.4 is 4.74 Å². The molecule has 0 aliphatic heterocycles. The van der Waals surface area contributed by atoms with Crippen LogP contribution in [0.3, 0.4) is 0 Å². The van der Waals surface area contributed by atoms with Crippen molar-refractivity contribution in [2.75, 3.05) is 0 Å². The Balaban J connectivity index is 1.71. The molecule has 0 aliphatic rings. The van der Waals surface area contributed by atoms with Crippen LogP contribution in [0.25, 0.3) is 11.5 Å². The average molecular weight is 288 g/mol. The maximum atomic E-state index is 5.89. The van der Waals surface area contributed by atoms with Gasteiger partial charge >= 0.3 is 0 Å². The van der Waals surface area contributed by atoms with Crippen LogP contribution in [-0.4, -0.2) is 15.2 Å². The molecule has 0 unspecified atom stereocenters. The van der Waals surface area contributed by atoms with Crippen LogP contribution in [-0.2, 0) is 6.61 Å². The molecule has 0 fully saturated rings. The quantitative estimate of drug-likeness (QED) is 0.689. The van der Waals surface area contributed by atoms with E-state index in [2.05, 4.69) is 15.2 Å². The van der Waals surface area contributed by atoms with Gasteiger partial charge in [-0.25, -0.2) is 4.98 Å². The van der Waals surface area contributed by atoms with Gasteiger partial charge in [-0.05, 0) is 24.3 Å². The fourth-order valence-electron chi connectivity index (χ4n) is 1.63. The van der Waals surface area contributed by atoms with Gasteiger partial charge in [0.1, 0.15) is 0 Å². The van der Waals surface area contributed by atoms with Crippen molar-refractivity contribution in [3.05, 3.63) is 59.7 Å². The van der Waals surface area contributed by atoms with Crippen molar-refractivity contribution in [3.8, 4) is 17.2 Å². The Bertz CT molecular complexity index is 700. The predicted octanol–water partition coefficient (Wildman–Crippen LogP) is 3.36. The first-order valence-electron chi connectivity index (χ1n) is 5.94. The molecule has 0 bridgehead atoms. The molecular formula is C14H10ClN3O2. The topological polar surface area (TPSA) is 61.0 Å². The third kappa shape index (κ3) is 2.78. The second-order valence-electron chi connectivity index (χ2n) is 3.95. The number of halogens is 1. The van der Waals surface area contributed by atoms with E-state index in [-0.39, 0.29) is 6.61 Å². The number of hydrogen-bond acceptors (Lipinski definition) is 5. The lowest BCUT2D eigenvalue weighted by atomic mass is 10.2. The number of rotatable bonds is 4. The van der Waals surface area contributed by atoms with E-state index in [1.807, 2.05) is 30.3 Å². The van der Waals surface area contributed by atoms with Crippen LogP contribution in [0, 0.1) is 0 Å². The summed E-state index contributed by atoms with van der Waals surface area (Å²) in [7, 11) is 0. The molecule has 1 aromatic carbocycles. The highest BCUT2D eigenvalue weighted by atomic mass is 35.5. The summed E-state index contributed by atoms with van der Waals surface area (Å²) in [6, 6.07) is 13.0. The second kappa shape index (κ2) is 5.71. The zero-order valence-electron chi connectivity index (χ0n) is 10.4. The Morgan fingerprint density at radius 3 is 2.70 bits per heavy atom. The number of benzene rings is 1. The normalized spacial score (nSPS) is 10.4. The Morgan fingerprint density at radius 1 is 1.05 bits per heavy atom. The maximum absolute atomic E-state index is 5.89. The van der Waals surface area contributed by atoms with Crippen molar-refractivity contribution in [2.45, 2.75) is 6.61 Å². The lowest BCUT2D eigenvalue weighted by Crippen LogP contribution is -1.96. The van der Waals surface area contributed by atoms with E-state index in [0.717, 1.165) is 5.56 Å². The highest BCUT2D eigenvalue weighted by Gasteiger charge is 2.09. The smallest absolute Gasteiger partial charge is 0.254 e. The molecule has 0 saturated carbocycles. The third-order valence-electron chi connectivity index (χ3n) is 2.56. The van der Waals surface area contributed by atoms with Crippen LogP contribution in [0.2, 0.25) is 5.15 Å². The molecule has 20 heavy (non-hydrogen) atoms. The minimum Gasteiger partial charge on any atom is -0.481 e. The summed E-state index contributed by atoms with van der Waals surface area (Å²) in [5.41, 5.74) is 0.866. The first kappa shape index (κ1) is 12.6. The van der Waals surface area contributed by atoms with E-state index in [9.17, 15) is 0 Å². The van der Waals surface area contributed by atoms with E-state index in [0.29, 0.717) is 22.7 Å². The van der Waals surface area contributed by atoms with Gasteiger partial charge in [0.2, 0.25) is 5.89 Å². The molecule has 2 heterocycles. The molecule has 0 N–H and O–H groups in total. The molecule has 6 heteroatoms. The van der Waals surface area contributed by atoms with Crippen LogP contribution in [0.5, 0.6) is 5.75 Å². The molecule has 0 spiro atoms. The van der Waals surface area contributed by atoms with E-state index < -0.39 is 0 Å². The number of pyridine rings is 1. The van der Waals surface area contributed by atoms with E-state index >= 15 is 0 Å². The number of nitrogens with zero attached hydrogens (tertiary/aromatic N) is 3. The average Bonchev–Trinajstić information content (AvgIpc) is 2.96. The Hall–Kier alpha value is -2.40. The molecule has 0 atom stereocenters. The van der Waals surface area contributed by atoms with Gasteiger partial charge in [-0.1, -0.05) is 29.8 Å². The first-order chi connectivity index (χ1) is 9.83. The van der Waals surface area contributed by atoms with Crippen molar-refractivity contribution in [1.29, 1.82) is 0 Å². The summed E-state index contributed by atoms with van der Waals surface area (Å²) in [6.45, 7) is 0.144. The molecular weight excluding hydrogens is 278 g/mol. The highest BCUT2D eigenvalue weighted by molar-refractivity contribution is 6.30. The van der Waals surface area contributed by atoms with Gasteiger partial charge in [0.15, 0.2) is 17.5 Å². The molecule has 3 aromatic rings. The van der Waals surface area contributed by atoms with Crippen molar-refractivity contribution >= 4 is 11.6 Å². The van der Waals surface area contributed by atoms with Crippen molar-refractivity contribution < 1.29 is 9.15 Å². The fourth-order valence-corrected chi connectivity index (χ4v) is 1.80. The lowest BCUT2D eigenvalue weighted by Gasteiger charge is -2.03. The molecule has 0 aliphatic carbocycles. The van der Waals surface area contributed by atoms with Crippen molar-refractivity contribution in [1.82, 2.24) is 15.2 Å². The zero-order chi connectivity index (χ0) is 13.8. The second-order valence-corrected chi connectivity index (χ2v) is 4.31. The Morgan fingerprint density at radius 2 is 1.90 bits per heavy atom. The largest absolute Gasteiger partial charge is 0.481 e. The van der Waals surface area contributed by atoms with E-state index in [1.54, 1.807) is 18.3 Å². The lowest BCUT2D eigenvalue weighted by molar-refractivity contribution is 0.264.